The third-order valence-electron chi connectivity index (χ3n) is 2.53. The van der Waals surface area contributed by atoms with E-state index < -0.39 is 0 Å². The lowest BCUT2D eigenvalue weighted by molar-refractivity contribution is 0.776. The molecule has 3 heteroatoms. The summed E-state index contributed by atoms with van der Waals surface area (Å²) in [6.45, 7) is 7.52. The number of pyridine rings is 1. The first-order valence-electron chi connectivity index (χ1n) is 6.22. The van der Waals surface area contributed by atoms with Gasteiger partial charge < -0.3 is 5.32 Å². The van der Waals surface area contributed by atoms with Crippen molar-refractivity contribution in [1.29, 1.82) is 0 Å². The van der Waals surface area contributed by atoms with Crippen molar-refractivity contribution < 1.29 is 0 Å². The predicted octanol–water partition coefficient (Wildman–Crippen LogP) is 3.84. The molecule has 0 amide bonds. The molecule has 0 unspecified atom stereocenters. The van der Waals surface area contributed by atoms with Crippen molar-refractivity contribution in [3.63, 3.8) is 0 Å². The minimum Gasteiger partial charge on any atom is -0.316 e. The van der Waals surface area contributed by atoms with Gasteiger partial charge in [0, 0.05) is 16.7 Å². The molecule has 0 atom stereocenters. The van der Waals surface area contributed by atoms with Gasteiger partial charge in [-0.1, -0.05) is 39.0 Å². The fourth-order valence-electron chi connectivity index (χ4n) is 1.84. The molecule has 2 nitrogen and oxygen atoms in total. The molecule has 0 fully saturated rings. The summed E-state index contributed by atoms with van der Waals surface area (Å²) in [6, 6.07) is 10.5. The molecule has 0 aliphatic heterocycles. The van der Waals surface area contributed by atoms with Gasteiger partial charge in [-0.05, 0) is 24.7 Å². The Bertz CT molecular complexity index is 544. The second kappa shape index (κ2) is 5.29. The van der Waals surface area contributed by atoms with Crippen LogP contribution in [0.3, 0.4) is 0 Å². The maximum atomic E-state index is 4.80. The molecule has 1 aromatic heterocycles. The number of benzene rings is 1. The SMILES string of the molecule is CNCc1cc2ccccc2nc1SC(C)(C)C. The third kappa shape index (κ3) is 3.24. The molecule has 1 aromatic carbocycles. The van der Waals surface area contributed by atoms with Crippen molar-refractivity contribution in [2.45, 2.75) is 37.1 Å². The van der Waals surface area contributed by atoms with E-state index in [1.54, 1.807) is 0 Å². The molecule has 1 N–H and O–H groups in total. The standard InChI is InChI=1S/C15H20N2S/c1-15(2,3)18-14-12(10-16-4)9-11-7-5-6-8-13(11)17-14/h5-9,16H,10H2,1-4H3. The quantitative estimate of drug-likeness (QED) is 0.849. The van der Waals surface area contributed by atoms with E-state index in [2.05, 4.69) is 50.4 Å². The van der Waals surface area contributed by atoms with Crippen molar-refractivity contribution in [3.8, 4) is 0 Å². The summed E-state index contributed by atoms with van der Waals surface area (Å²) in [5, 5.41) is 5.57. The van der Waals surface area contributed by atoms with Gasteiger partial charge in [-0.3, -0.25) is 0 Å². The summed E-state index contributed by atoms with van der Waals surface area (Å²) in [5.74, 6) is 0. The average molecular weight is 260 g/mol. The van der Waals surface area contributed by atoms with Gasteiger partial charge in [0.25, 0.3) is 0 Å². The van der Waals surface area contributed by atoms with Gasteiger partial charge in [0.1, 0.15) is 5.03 Å². The Morgan fingerprint density at radius 2 is 1.94 bits per heavy atom. The van der Waals surface area contributed by atoms with Gasteiger partial charge in [0.15, 0.2) is 0 Å². The third-order valence-corrected chi connectivity index (χ3v) is 3.69. The lowest BCUT2D eigenvalue weighted by Crippen LogP contribution is -2.12. The smallest absolute Gasteiger partial charge is 0.102 e. The Labute approximate surface area is 113 Å². The average Bonchev–Trinajstić information content (AvgIpc) is 2.28. The highest BCUT2D eigenvalue weighted by atomic mass is 32.2. The fraction of sp³-hybridized carbons (Fsp3) is 0.400. The van der Waals surface area contributed by atoms with Crippen LogP contribution in [0.2, 0.25) is 0 Å². The topological polar surface area (TPSA) is 24.9 Å². The largest absolute Gasteiger partial charge is 0.316 e. The molecule has 0 radical (unpaired) electrons. The second-order valence-electron chi connectivity index (χ2n) is 5.39. The summed E-state index contributed by atoms with van der Waals surface area (Å²) in [4.78, 5) is 4.80. The van der Waals surface area contributed by atoms with Crippen LogP contribution in [0.1, 0.15) is 26.3 Å². The Morgan fingerprint density at radius 1 is 1.22 bits per heavy atom. The van der Waals surface area contributed by atoms with Crippen LogP contribution >= 0.6 is 11.8 Å². The van der Waals surface area contributed by atoms with E-state index in [0.29, 0.717) is 0 Å². The Hall–Kier alpha value is -1.06. The van der Waals surface area contributed by atoms with Crippen LogP contribution in [0, 0.1) is 0 Å². The Morgan fingerprint density at radius 3 is 2.61 bits per heavy atom. The monoisotopic (exact) mass is 260 g/mol. The number of nitrogens with one attached hydrogen (secondary N) is 1. The molecule has 2 aromatic rings. The first-order chi connectivity index (χ1) is 8.49. The van der Waals surface area contributed by atoms with E-state index in [0.717, 1.165) is 17.1 Å². The maximum absolute atomic E-state index is 4.80. The van der Waals surface area contributed by atoms with Crippen LogP contribution in [0.25, 0.3) is 10.9 Å². The minimum atomic E-state index is 0.179. The number of aromatic nitrogens is 1. The molecule has 1 heterocycles. The number of para-hydroxylation sites is 1. The van der Waals surface area contributed by atoms with E-state index >= 15 is 0 Å². The molecule has 0 saturated carbocycles. The van der Waals surface area contributed by atoms with Gasteiger partial charge in [0.05, 0.1) is 5.52 Å². The van der Waals surface area contributed by atoms with Crippen LogP contribution in [-0.2, 0) is 6.54 Å². The van der Waals surface area contributed by atoms with Gasteiger partial charge in [-0.2, -0.15) is 0 Å². The zero-order valence-corrected chi connectivity index (χ0v) is 12.3. The number of fused-ring (bicyclic) bond motifs is 1. The van der Waals surface area contributed by atoms with Crippen LogP contribution in [0.5, 0.6) is 0 Å². The molecule has 2 rings (SSSR count). The molecule has 18 heavy (non-hydrogen) atoms. The molecule has 96 valence electrons. The zero-order valence-electron chi connectivity index (χ0n) is 11.4. The number of nitrogens with zero attached hydrogens (tertiary/aromatic N) is 1. The number of hydrogen-bond donors (Lipinski definition) is 1. The molecule has 0 aliphatic rings. The molecular weight excluding hydrogens is 240 g/mol. The van der Waals surface area contributed by atoms with Crippen LogP contribution in [0.4, 0.5) is 0 Å². The predicted molar refractivity (Wildman–Crippen MR) is 80.1 cm³/mol. The van der Waals surface area contributed by atoms with Gasteiger partial charge >= 0.3 is 0 Å². The summed E-state index contributed by atoms with van der Waals surface area (Å²) in [5.41, 5.74) is 2.35. The molecule has 0 spiro atoms. The summed E-state index contributed by atoms with van der Waals surface area (Å²) < 4.78 is 0.179. The zero-order chi connectivity index (χ0) is 13.2. The Balaban J connectivity index is 2.50. The van der Waals surface area contributed by atoms with Crippen molar-refractivity contribution >= 4 is 22.7 Å². The van der Waals surface area contributed by atoms with Gasteiger partial charge in [-0.15, -0.1) is 11.8 Å². The maximum Gasteiger partial charge on any atom is 0.102 e. The van der Waals surface area contributed by atoms with Crippen LogP contribution in [0.15, 0.2) is 35.4 Å². The number of hydrogen-bond acceptors (Lipinski definition) is 3. The number of rotatable bonds is 3. The van der Waals surface area contributed by atoms with E-state index in [1.807, 2.05) is 24.9 Å². The van der Waals surface area contributed by atoms with E-state index in [-0.39, 0.29) is 4.75 Å². The Kier molecular flexibility index (Phi) is 3.93. The summed E-state index contributed by atoms with van der Waals surface area (Å²) in [6.07, 6.45) is 0. The van der Waals surface area contributed by atoms with Crippen molar-refractivity contribution in [2.75, 3.05) is 7.05 Å². The first-order valence-corrected chi connectivity index (χ1v) is 7.03. The van der Waals surface area contributed by atoms with Crippen LogP contribution < -0.4 is 5.32 Å². The van der Waals surface area contributed by atoms with Crippen LogP contribution in [-0.4, -0.2) is 16.8 Å². The highest BCUT2D eigenvalue weighted by Crippen LogP contribution is 2.34. The minimum absolute atomic E-state index is 0.179. The van der Waals surface area contributed by atoms with Crippen molar-refractivity contribution in [3.05, 3.63) is 35.9 Å². The normalized spacial score (nSPS) is 12.0. The number of thioether (sulfide) groups is 1. The van der Waals surface area contributed by atoms with E-state index in [4.69, 9.17) is 4.98 Å². The molecule has 0 saturated heterocycles. The highest BCUT2D eigenvalue weighted by molar-refractivity contribution is 8.00. The lowest BCUT2D eigenvalue weighted by Gasteiger charge is -2.19. The van der Waals surface area contributed by atoms with Crippen molar-refractivity contribution in [1.82, 2.24) is 10.3 Å². The van der Waals surface area contributed by atoms with Gasteiger partial charge in [-0.25, -0.2) is 4.98 Å². The first kappa shape index (κ1) is 13.4. The van der Waals surface area contributed by atoms with Gasteiger partial charge in [0.2, 0.25) is 0 Å². The van der Waals surface area contributed by atoms with E-state index in [9.17, 15) is 0 Å². The lowest BCUT2D eigenvalue weighted by atomic mass is 10.1. The molecule has 0 aliphatic carbocycles. The van der Waals surface area contributed by atoms with Crippen molar-refractivity contribution in [2.24, 2.45) is 0 Å². The molecular formula is C15H20N2S. The summed E-state index contributed by atoms with van der Waals surface area (Å²) >= 11 is 1.83. The van der Waals surface area contributed by atoms with E-state index in [1.165, 1.54) is 10.9 Å². The summed E-state index contributed by atoms with van der Waals surface area (Å²) in [7, 11) is 1.97. The molecule has 0 bridgehead atoms. The second-order valence-corrected chi connectivity index (χ2v) is 7.21. The highest BCUT2D eigenvalue weighted by Gasteiger charge is 2.16. The fourth-order valence-corrected chi connectivity index (χ4v) is 2.82.